The van der Waals surface area contributed by atoms with Gasteiger partial charge in [-0.1, -0.05) is 0 Å². The van der Waals surface area contributed by atoms with Gasteiger partial charge in [0.1, 0.15) is 17.4 Å². The largest absolute Gasteiger partial charge is 0.467 e. The maximum atomic E-state index is 13.2. The summed E-state index contributed by atoms with van der Waals surface area (Å²) in [5.41, 5.74) is 1.85. The van der Waals surface area contributed by atoms with Gasteiger partial charge in [0.05, 0.1) is 12.8 Å². The summed E-state index contributed by atoms with van der Waals surface area (Å²) in [5.74, 6) is 1.49. The molecule has 0 aliphatic rings. The number of nitrogens with zero attached hydrogens (tertiary/aromatic N) is 4. The van der Waals surface area contributed by atoms with Crippen molar-refractivity contribution >= 4 is 23.1 Å². The molecule has 1 aromatic carbocycles. The summed E-state index contributed by atoms with van der Waals surface area (Å²) in [5, 5.41) is 18.7. The molecule has 0 unspecified atom stereocenters. The first-order valence-electron chi connectivity index (χ1n) is 9.12. The van der Waals surface area contributed by atoms with Crippen LogP contribution >= 0.6 is 0 Å². The van der Waals surface area contributed by atoms with Gasteiger partial charge in [-0.15, -0.1) is 15.3 Å². The fourth-order valence-electron chi connectivity index (χ4n) is 2.88. The second kappa shape index (κ2) is 8.09. The molecule has 3 heterocycles. The molecule has 0 bridgehead atoms. The molecule has 2 N–H and O–H groups in total. The van der Waals surface area contributed by atoms with Gasteiger partial charge in [-0.2, -0.15) is 4.52 Å². The van der Waals surface area contributed by atoms with E-state index in [9.17, 15) is 9.18 Å². The Morgan fingerprint density at radius 1 is 1.21 bits per heavy atom. The average molecular weight is 394 g/mol. The highest BCUT2D eigenvalue weighted by molar-refractivity contribution is 5.91. The molecule has 0 atom stereocenters. The van der Waals surface area contributed by atoms with E-state index in [-0.39, 0.29) is 18.1 Å². The van der Waals surface area contributed by atoms with Gasteiger partial charge < -0.3 is 15.1 Å². The maximum absolute atomic E-state index is 13.2. The number of halogens is 1. The van der Waals surface area contributed by atoms with Crippen LogP contribution < -0.4 is 10.6 Å². The third-order valence-electron chi connectivity index (χ3n) is 4.39. The zero-order chi connectivity index (χ0) is 20.2. The summed E-state index contributed by atoms with van der Waals surface area (Å²) in [7, 11) is 0. The fourth-order valence-corrected chi connectivity index (χ4v) is 2.88. The zero-order valence-corrected chi connectivity index (χ0v) is 15.7. The van der Waals surface area contributed by atoms with Crippen LogP contribution in [0, 0.1) is 12.7 Å². The van der Waals surface area contributed by atoms with E-state index >= 15 is 0 Å². The quantitative estimate of drug-likeness (QED) is 0.499. The summed E-state index contributed by atoms with van der Waals surface area (Å²) in [4.78, 5) is 12.3. The number of hydrogen-bond donors (Lipinski definition) is 2. The average Bonchev–Trinajstić information content (AvgIpc) is 3.36. The first-order chi connectivity index (χ1) is 14.1. The van der Waals surface area contributed by atoms with E-state index in [1.165, 1.54) is 12.1 Å². The number of aromatic nitrogens is 4. The Bertz CT molecular complexity index is 1140. The zero-order valence-electron chi connectivity index (χ0n) is 15.7. The Morgan fingerprint density at radius 2 is 2.10 bits per heavy atom. The second-order valence-corrected chi connectivity index (χ2v) is 6.55. The van der Waals surface area contributed by atoms with Crippen LogP contribution in [0.1, 0.15) is 23.6 Å². The molecular weight excluding hydrogens is 375 g/mol. The molecule has 4 aromatic rings. The number of amides is 1. The molecule has 29 heavy (non-hydrogen) atoms. The van der Waals surface area contributed by atoms with Crippen LogP contribution in [0.5, 0.6) is 0 Å². The number of fused-ring (bicyclic) bond motifs is 1. The van der Waals surface area contributed by atoms with Crippen molar-refractivity contribution in [1.29, 1.82) is 0 Å². The smallest absolute Gasteiger partial charge is 0.224 e. The van der Waals surface area contributed by atoms with E-state index in [4.69, 9.17) is 4.42 Å². The molecule has 0 aliphatic heterocycles. The van der Waals surface area contributed by atoms with Crippen LogP contribution in [0.25, 0.3) is 5.65 Å². The highest BCUT2D eigenvalue weighted by atomic mass is 19.1. The molecule has 0 aliphatic carbocycles. The Labute approximate surface area is 165 Å². The Kier molecular flexibility index (Phi) is 5.19. The molecule has 4 rings (SSSR count). The number of carbonyl (C=O) groups excluding carboxylic acids is 1. The number of hydrogen-bond acceptors (Lipinski definition) is 6. The van der Waals surface area contributed by atoms with E-state index in [0.29, 0.717) is 41.5 Å². The summed E-state index contributed by atoms with van der Waals surface area (Å²) in [6, 6.07) is 11.5. The number of rotatable bonds is 7. The van der Waals surface area contributed by atoms with Gasteiger partial charge in [-0.25, -0.2) is 4.39 Å². The Balaban J connectivity index is 1.40. The van der Waals surface area contributed by atoms with Crippen LogP contribution in [-0.4, -0.2) is 25.7 Å². The summed E-state index contributed by atoms with van der Waals surface area (Å²) in [6.45, 7) is 2.24. The van der Waals surface area contributed by atoms with Crippen molar-refractivity contribution in [2.45, 2.75) is 26.3 Å². The highest BCUT2D eigenvalue weighted by Crippen LogP contribution is 2.16. The lowest BCUT2D eigenvalue weighted by molar-refractivity contribution is -0.116. The molecule has 148 valence electrons. The highest BCUT2D eigenvalue weighted by Gasteiger charge is 2.11. The lowest BCUT2D eigenvalue weighted by atomic mass is 10.2. The van der Waals surface area contributed by atoms with Crippen molar-refractivity contribution in [3.05, 3.63) is 71.7 Å². The molecule has 0 fully saturated rings. The standard InChI is InChI=1S/C20H19FN6O2/c1-13-11-14(21)4-5-16(13)23-20(28)9-8-19-25-24-18-7-6-17(26-27(18)19)22-12-15-3-2-10-29-15/h2-7,10-11H,8-9,12H2,1H3,(H,22,26)(H,23,28). The van der Waals surface area contributed by atoms with Gasteiger partial charge in [0.15, 0.2) is 11.5 Å². The number of benzene rings is 1. The summed E-state index contributed by atoms with van der Waals surface area (Å²) < 4.78 is 20.1. The first kappa shape index (κ1) is 18.6. The molecular formula is C20H19FN6O2. The number of furan rings is 1. The molecule has 0 saturated carbocycles. The minimum absolute atomic E-state index is 0.191. The van der Waals surface area contributed by atoms with Gasteiger partial charge in [0.2, 0.25) is 5.91 Å². The van der Waals surface area contributed by atoms with E-state index in [1.807, 2.05) is 12.1 Å². The molecule has 3 aromatic heterocycles. The molecule has 0 spiro atoms. The minimum atomic E-state index is -0.335. The van der Waals surface area contributed by atoms with Crippen molar-refractivity contribution in [1.82, 2.24) is 19.8 Å². The second-order valence-electron chi connectivity index (χ2n) is 6.55. The molecule has 0 saturated heterocycles. The fraction of sp³-hybridized carbons (Fsp3) is 0.200. The summed E-state index contributed by atoms with van der Waals surface area (Å²) >= 11 is 0. The van der Waals surface area contributed by atoms with Crippen LogP contribution in [0.4, 0.5) is 15.9 Å². The summed E-state index contributed by atoms with van der Waals surface area (Å²) in [6.07, 6.45) is 2.18. The van der Waals surface area contributed by atoms with Gasteiger partial charge in [-0.05, 0) is 55.0 Å². The normalized spacial score (nSPS) is 11.0. The molecule has 0 radical (unpaired) electrons. The van der Waals surface area contributed by atoms with Crippen molar-refractivity contribution in [3.63, 3.8) is 0 Å². The van der Waals surface area contributed by atoms with Gasteiger partial charge in [0.25, 0.3) is 0 Å². The van der Waals surface area contributed by atoms with Crippen molar-refractivity contribution < 1.29 is 13.6 Å². The van der Waals surface area contributed by atoms with Crippen LogP contribution in [-0.2, 0) is 17.8 Å². The first-order valence-corrected chi connectivity index (χ1v) is 9.12. The van der Waals surface area contributed by atoms with Gasteiger partial charge in [-0.3, -0.25) is 4.79 Å². The van der Waals surface area contributed by atoms with Crippen LogP contribution in [0.2, 0.25) is 0 Å². The number of aryl methyl sites for hydroxylation is 2. The third kappa shape index (κ3) is 4.40. The Hall–Kier alpha value is -3.75. The van der Waals surface area contributed by atoms with Crippen LogP contribution in [0.3, 0.4) is 0 Å². The third-order valence-corrected chi connectivity index (χ3v) is 4.39. The number of nitrogens with one attached hydrogen (secondary N) is 2. The molecule has 9 heteroatoms. The molecule has 8 nitrogen and oxygen atoms in total. The van der Waals surface area contributed by atoms with E-state index in [1.54, 1.807) is 35.9 Å². The monoisotopic (exact) mass is 394 g/mol. The van der Waals surface area contributed by atoms with E-state index in [0.717, 1.165) is 5.76 Å². The topological polar surface area (TPSA) is 97.3 Å². The minimum Gasteiger partial charge on any atom is -0.467 e. The lowest BCUT2D eigenvalue weighted by Gasteiger charge is -2.08. The maximum Gasteiger partial charge on any atom is 0.224 e. The predicted molar refractivity (Wildman–Crippen MR) is 105 cm³/mol. The van der Waals surface area contributed by atoms with E-state index < -0.39 is 0 Å². The SMILES string of the molecule is Cc1cc(F)ccc1NC(=O)CCc1nnc2ccc(NCc3ccco3)nn12. The predicted octanol–water partition coefficient (Wildman–Crippen LogP) is 3.35. The van der Waals surface area contributed by atoms with Crippen molar-refractivity contribution in [2.24, 2.45) is 0 Å². The van der Waals surface area contributed by atoms with Gasteiger partial charge in [0, 0.05) is 18.5 Å². The van der Waals surface area contributed by atoms with Crippen molar-refractivity contribution in [2.75, 3.05) is 10.6 Å². The van der Waals surface area contributed by atoms with E-state index in [2.05, 4.69) is 25.9 Å². The van der Waals surface area contributed by atoms with Crippen LogP contribution in [0.15, 0.2) is 53.1 Å². The number of carbonyl (C=O) groups is 1. The van der Waals surface area contributed by atoms with Crippen molar-refractivity contribution in [3.8, 4) is 0 Å². The number of anilines is 2. The lowest BCUT2D eigenvalue weighted by Crippen LogP contribution is -2.14. The molecule has 1 amide bonds. The van der Waals surface area contributed by atoms with Gasteiger partial charge >= 0.3 is 0 Å². The Morgan fingerprint density at radius 3 is 2.90 bits per heavy atom.